The Bertz CT molecular complexity index is 642. The van der Waals surface area contributed by atoms with Gasteiger partial charge in [0, 0.05) is 12.8 Å². The number of rotatable bonds is 7. The molecule has 0 aliphatic heterocycles. The molecule has 1 aromatic carbocycles. The molecule has 0 aromatic heterocycles. The first-order valence-electron chi connectivity index (χ1n) is 9.62. The standard InChI is InChI=1S/C22H31NO2/c1-4-5-6-7-10-22(2,3)18-8-9-20(21(25)14-18)17-11-16(15-23)12-19(24)13-17/h8-9,14,16-17,25H,4-7,10-13H2,1-3H3/t16-,17+/m1/s1. The first-order valence-corrected chi connectivity index (χ1v) is 9.62. The van der Waals surface area contributed by atoms with Crippen LogP contribution in [0.25, 0.3) is 0 Å². The van der Waals surface area contributed by atoms with E-state index in [-0.39, 0.29) is 28.8 Å². The van der Waals surface area contributed by atoms with Gasteiger partial charge in [-0.3, -0.25) is 4.79 Å². The minimum atomic E-state index is -0.222. The van der Waals surface area contributed by atoms with Crippen molar-refractivity contribution in [2.24, 2.45) is 5.92 Å². The van der Waals surface area contributed by atoms with Crippen LogP contribution in [0, 0.1) is 17.2 Å². The number of phenols is 1. The molecule has 0 radical (unpaired) electrons. The highest BCUT2D eigenvalue weighted by Crippen LogP contribution is 2.40. The van der Waals surface area contributed by atoms with Crippen LogP contribution in [0.1, 0.15) is 89.2 Å². The first kappa shape index (κ1) is 19.5. The molecule has 2 atom stereocenters. The normalized spacial score (nSPS) is 21.1. The van der Waals surface area contributed by atoms with Gasteiger partial charge in [0.05, 0.1) is 12.0 Å². The van der Waals surface area contributed by atoms with Gasteiger partial charge in [0.25, 0.3) is 0 Å². The van der Waals surface area contributed by atoms with E-state index in [2.05, 4.69) is 32.9 Å². The zero-order valence-corrected chi connectivity index (χ0v) is 15.8. The van der Waals surface area contributed by atoms with Gasteiger partial charge in [-0.05, 0) is 41.4 Å². The minimum Gasteiger partial charge on any atom is -0.508 e. The summed E-state index contributed by atoms with van der Waals surface area (Å²) in [5, 5.41) is 19.7. The Morgan fingerprint density at radius 2 is 2.00 bits per heavy atom. The predicted molar refractivity (Wildman–Crippen MR) is 101 cm³/mol. The molecule has 1 fully saturated rings. The van der Waals surface area contributed by atoms with Crippen molar-refractivity contribution in [3.8, 4) is 11.8 Å². The van der Waals surface area contributed by atoms with Crippen molar-refractivity contribution in [2.75, 3.05) is 0 Å². The van der Waals surface area contributed by atoms with Crippen LogP contribution in [0.2, 0.25) is 0 Å². The van der Waals surface area contributed by atoms with Crippen LogP contribution >= 0.6 is 0 Å². The number of hydrogen-bond donors (Lipinski definition) is 1. The van der Waals surface area contributed by atoms with Crippen molar-refractivity contribution in [3.05, 3.63) is 29.3 Å². The van der Waals surface area contributed by atoms with Crippen molar-refractivity contribution >= 4 is 5.78 Å². The zero-order chi connectivity index (χ0) is 18.4. The van der Waals surface area contributed by atoms with Gasteiger partial charge in [0.1, 0.15) is 11.5 Å². The summed E-state index contributed by atoms with van der Waals surface area (Å²) in [5.74, 6) is 0.144. The van der Waals surface area contributed by atoms with E-state index in [1.54, 1.807) is 0 Å². The molecule has 1 saturated carbocycles. The molecule has 1 N–H and O–H groups in total. The Labute approximate surface area is 152 Å². The van der Waals surface area contributed by atoms with Crippen LogP contribution in [0.4, 0.5) is 0 Å². The van der Waals surface area contributed by atoms with E-state index in [1.807, 2.05) is 12.1 Å². The Balaban J connectivity index is 2.12. The molecule has 3 heteroatoms. The number of phenolic OH excluding ortho intramolecular Hbond substituents is 1. The van der Waals surface area contributed by atoms with Gasteiger partial charge in [0.2, 0.25) is 0 Å². The molecule has 3 nitrogen and oxygen atoms in total. The van der Waals surface area contributed by atoms with E-state index < -0.39 is 0 Å². The highest BCUT2D eigenvalue weighted by Gasteiger charge is 2.30. The van der Waals surface area contributed by atoms with Gasteiger partial charge < -0.3 is 5.11 Å². The fraction of sp³-hybridized carbons (Fsp3) is 0.636. The molecule has 0 heterocycles. The number of ketones is 1. The highest BCUT2D eigenvalue weighted by molar-refractivity contribution is 5.81. The summed E-state index contributed by atoms with van der Waals surface area (Å²) in [4.78, 5) is 11.9. The van der Waals surface area contributed by atoms with Gasteiger partial charge in [-0.25, -0.2) is 0 Å². The molecular formula is C22H31NO2. The lowest BCUT2D eigenvalue weighted by molar-refractivity contribution is -0.121. The molecule has 136 valence electrons. The van der Waals surface area contributed by atoms with Gasteiger partial charge >= 0.3 is 0 Å². The van der Waals surface area contributed by atoms with E-state index >= 15 is 0 Å². The zero-order valence-electron chi connectivity index (χ0n) is 15.8. The number of carbonyl (C=O) groups excluding carboxylic acids is 1. The molecule has 0 bridgehead atoms. The van der Waals surface area contributed by atoms with Gasteiger partial charge in [0.15, 0.2) is 0 Å². The van der Waals surface area contributed by atoms with Gasteiger partial charge in [-0.1, -0.05) is 58.6 Å². The van der Waals surface area contributed by atoms with Crippen molar-refractivity contribution in [1.29, 1.82) is 5.26 Å². The minimum absolute atomic E-state index is 0.0291. The fourth-order valence-electron chi connectivity index (χ4n) is 3.93. The Morgan fingerprint density at radius 3 is 2.64 bits per heavy atom. The summed E-state index contributed by atoms with van der Waals surface area (Å²) >= 11 is 0. The van der Waals surface area contributed by atoms with Crippen LogP contribution < -0.4 is 0 Å². The van der Waals surface area contributed by atoms with E-state index in [0.29, 0.717) is 19.3 Å². The lowest BCUT2D eigenvalue weighted by atomic mass is 9.75. The van der Waals surface area contributed by atoms with Crippen molar-refractivity contribution < 1.29 is 9.90 Å². The third-order valence-corrected chi connectivity index (χ3v) is 5.61. The second-order valence-corrected chi connectivity index (χ2v) is 8.17. The van der Waals surface area contributed by atoms with Crippen LogP contribution in [0.15, 0.2) is 18.2 Å². The van der Waals surface area contributed by atoms with Crippen molar-refractivity contribution in [2.45, 2.75) is 83.5 Å². The number of nitrogens with zero attached hydrogens (tertiary/aromatic N) is 1. The molecule has 1 aliphatic carbocycles. The maximum absolute atomic E-state index is 11.9. The van der Waals surface area contributed by atoms with Gasteiger partial charge in [-0.2, -0.15) is 5.26 Å². The molecule has 0 unspecified atom stereocenters. The van der Waals surface area contributed by atoms with Crippen LogP contribution in [0.3, 0.4) is 0 Å². The van der Waals surface area contributed by atoms with E-state index in [1.165, 1.54) is 25.7 Å². The number of hydrogen-bond acceptors (Lipinski definition) is 3. The number of carbonyl (C=O) groups is 1. The Kier molecular flexibility index (Phi) is 6.64. The van der Waals surface area contributed by atoms with Crippen molar-refractivity contribution in [3.63, 3.8) is 0 Å². The third-order valence-electron chi connectivity index (χ3n) is 5.61. The second-order valence-electron chi connectivity index (χ2n) is 8.17. The van der Waals surface area contributed by atoms with Gasteiger partial charge in [-0.15, -0.1) is 0 Å². The smallest absolute Gasteiger partial charge is 0.134 e. The average Bonchev–Trinajstić information content (AvgIpc) is 2.58. The molecular weight excluding hydrogens is 310 g/mol. The van der Waals surface area contributed by atoms with E-state index in [0.717, 1.165) is 17.5 Å². The second kappa shape index (κ2) is 8.52. The van der Waals surface area contributed by atoms with Crippen LogP contribution in [0.5, 0.6) is 5.75 Å². The molecule has 2 rings (SSSR count). The third kappa shape index (κ3) is 5.08. The maximum Gasteiger partial charge on any atom is 0.134 e. The van der Waals surface area contributed by atoms with Crippen LogP contribution in [-0.4, -0.2) is 10.9 Å². The topological polar surface area (TPSA) is 61.1 Å². The monoisotopic (exact) mass is 341 g/mol. The lowest BCUT2D eigenvalue weighted by Gasteiger charge is -2.28. The summed E-state index contributed by atoms with van der Waals surface area (Å²) in [6.07, 6.45) is 7.52. The fourth-order valence-corrected chi connectivity index (χ4v) is 3.93. The van der Waals surface area contributed by atoms with Crippen LogP contribution in [-0.2, 0) is 10.2 Å². The number of Topliss-reactive ketones (excluding diaryl/α,β-unsaturated/α-hetero) is 1. The molecule has 0 spiro atoms. The summed E-state index contributed by atoms with van der Waals surface area (Å²) in [5.41, 5.74) is 1.99. The number of nitriles is 1. The summed E-state index contributed by atoms with van der Waals surface area (Å²) in [7, 11) is 0. The summed E-state index contributed by atoms with van der Waals surface area (Å²) in [6, 6.07) is 8.15. The molecule has 1 aromatic rings. The summed E-state index contributed by atoms with van der Waals surface area (Å²) in [6.45, 7) is 6.67. The quantitative estimate of drug-likeness (QED) is 0.655. The Morgan fingerprint density at radius 1 is 1.24 bits per heavy atom. The Hall–Kier alpha value is -1.82. The predicted octanol–water partition coefficient (Wildman–Crippen LogP) is 5.62. The highest BCUT2D eigenvalue weighted by atomic mass is 16.3. The molecule has 25 heavy (non-hydrogen) atoms. The lowest BCUT2D eigenvalue weighted by Crippen LogP contribution is -2.21. The van der Waals surface area contributed by atoms with E-state index in [4.69, 9.17) is 5.26 Å². The molecule has 1 aliphatic rings. The van der Waals surface area contributed by atoms with E-state index in [9.17, 15) is 9.90 Å². The largest absolute Gasteiger partial charge is 0.508 e. The molecule has 0 amide bonds. The number of benzene rings is 1. The SMILES string of the molecule is CCCCCCC(C)(C)c1ccc([C@@H]2CC(=O)C[C@H](C#N)C2)c(O)c1. The first-order chi connectivity index (χ1) is 11.9. The molecule has 0 saturated heterocycles. The summed E-state index contributed by atoms with van der Waals surface area (Å²) < 4.78 is 0. The number of aromatic hydroxyl groups is 1. The van der Waals surface area contributed by atoms with Crippen molar-refractivity contribution in [1.82, 2.24) is 0 Å². The average molecular weight is 341 g/mol. The number of unbranched alkanes of at least 4 members (excludes halogenated alkanes) is 3. The maximum atomic E-state index is 11.9.